The first kappa shape index (κ1) is 19.3. The summed E-state index contributed by atoms with van der Waals surface area (Å²) in [6.07, 6.45) is 3.65. The Balaban J connectivity index is 1.50. The molecule has 1 unspecified atom stereocenters. The molecule has 4 rings (SSSR count). The molecule has 8 heteroatoms. The van der Waals surface area contributed by atoms with Crippen molar-refractivity contribution < 1.29 is 9.15 Å². The third-order valence-corrected chi connectivity index (χ3v) is 5.69. The van der Waals surface area contributed by atoms with Crippen LogP contribution < -0.4 is 20.9 Å². The summed E-state index contributed by atoms with van der Waals surface area (Å²) in [5.41, 5.74) is 0.871. The van der Waals surface area contributed by atoms with E-state index in [2.05, 4.69) is 27.8 Å². The number of piperazine rings is 1. The number of aromatic nitrogens is 2. The average molecular weight is 398 g/mol. The highest BCUT2D eigenvalue weighted by Crippen LogP contribution is 2.28. The Hall–Kier alpha value is -3.00. The van der Waals surface area contributed by atoms with Crippen LogP contribution in [0.5, 0.6) is 5.75 Å². The molecule has 0 bridgehead atoms. The summed E-state index contributed by atoms with van der Waals surface area (Å²) in [6.45, 7) is 6.35. The standard InChI is InChI=1S/C21H26N4O4/c1-3-15(25-18-14-29-13-16(18)20(26)22-21(25)27)12-23-8-10-24(11-9-23)17-6-4-5-7-19(17)28-2/h4-7,13-15H,3,8-12H2,1-2H3,(H,22,26,27). The molecule has 0 saturated carbocycles. The van der Waals surface area contributed by atoms with Crippen molar-refractivity contribution in [2.75, 3.05) is 44.7 Å². The monoisotopic (exact) mass is 398 g/mol. The zero-order valence-electron chi connectivity index (χ0n) is 16.8. The lowest BCUT2D eigenvalue weighted by Gasteiger charge is -2.38. The number of para-hydroxylation sites is 2. The molecule has 154 valence electrons. The van der Waals surface area contributed by atoms with E-state index in [-0.39, 0.29) is 11.7 Å². The van der Waals surface area contributed by atoms with Crippen molar-refractivity contribution in [1.29, 1.82) is 0 Å². The number of nitrogens with one attached hydrogen (secondary N) is 1. The molecule has 1 aromatic carbocycles. The maximum atomic E-state index is 12.5. The third kappa shape index (κ3) is 3.67. The Morgan fingerprint density at radius 1 is 1.14 bits per heavy atom. The molecule has 1 saturated heterocycles. The molecule has 3 heterocycles. The average Bonchev–Trinajstić information content (AvgIpc) is 3.23. The lowest BCUT2D eigenvalue weighted by atomic mass is 10.1. The lowest BCUT2D eigenvalue weighted by Crippen LogP contribution is -2.48. The summed E-state index contributed by atoms with van der Waals surface area (Å²) in [6, 6.07) is 8.02. The van der Waals surface area contributed by atoms with Gasteiger partial charge in [0.15, 0.2) is 0 Å². The van der Waals surface area contributed by atoms with Gasteiger partial charge in [0.2, 0.25) is 0 Å². The fraction of sp³-hybridized carbons (Fsp3) is 0.429. The van der Waals surface area contributed by atoms with E-state index < -0.39 is 5.56 Å². The topological polar surface area (TPSA) is 83.7 Å². The van der Waals surface area contributed by atoms with Gasteiger partial charge >= 0.3 is 5.69 Å². The Morgan fingerprint density at radius 3 is 2.62 bits per heavy atom. The van der Waals surface area contributed by atoms with Gasteiger partial charge in [-0.1, -0.05) is 19.1 Å². The van der Waals surface area contributed by atoms with Gasteiger partial charge in [0, 0.05) is 32.7 Å². The van der Waals surface area contributed by atoms with Crippen molar-refractivity contribution in [1.82, 2.24) is 14.5 Å². The molecule has 1 N–H and O–H groups in total. The predicted octanol–water partition coefficient (Wildman–Crippen LogP) is 2.06. The van der Waals surface area contributed by atoms with Gasteiger partial charge in [-0.2, -0.15) is 0 Å². The molecule has 2 aromatic heterocycles. The summed E-state index contributed by atoms with van der Waals surface area (Å²) < 4.78 is 12.3. The maximum Gasteiger partial charge on any atom is 0.329 e. The van der Waals surface area contributed by atoms with Crippen LogP contribution in [0.25, 0.3) is 10.9 Å². The molecule has 29 heavy (non-hydrogen) atoms. The van der Waals surface area contributed by atoms with Gasteiger partial charge < -0.3 is 14.1 Å². The van der Waals surface area contributed by atoms with Crippen LogP contribution in [-0.2, 0) is 0 Å². The second-order valence-electron chi connectivity index (χ2n) is 7.32. The number of benzene rings is 1. The normalized spacial score (nSPS) is 16.3. The fourth-order valence-corrected chi connectivity index (χ4v) is 4.10. The summed E-state index contributed by atoms with van der Waals surface area (Å²) in [4.78, 5) is 31.6. The Kier molecular flexibility index (Phi) is 5.44. The molecular formula is C21H26N4O4. The van der Waals surface area contributed by atoms with Gasteiger partial charge in [0.25, 0.3) is 5.56 Å². The first-order valence-electron chi connectivity index (χ1n) is 9.93. The molecule has 8 nitrogen and oxygen atoms in total. The highest BCUT2D eigenvalue weighted by Gasteiger charge is 2.24. The van der Waals surface area contributed by atoms with Crippen LogP contribution in [-0.4, -0.2) is 54.3 Å². The number of H-pyrrole nitrogens is 1. The second kappa shape index (κ2) is 8.16. The van der Waals surface area contributed by atoms with Crippen LogP contribution in [0.4, 0.5) is 5.69 Å². The number of fused-ring (bicyclic) bond motifs is 1. The largest absolute Gasteiger partial charge is 0.495 e. The van der Waals surface area contributed by atoms with Gasteiger partial charge in [0.05, 0.1) is 24.4 Å². The van der Waals surface area contributed by atoms with E-state index in [9.17, 15) is 9.59 Å². The van der Waals surface area contributed by atoms with Crippen LogP contribution in [0, 0.1) is 0 Å². The minimum absolute atomic E-state index is 0.0442. The molecule has 1 aliphatic rings. The quantitative estimate of drug-likeness (QED) is 0.684. The predicted molar refractivity (Wildman–Crippen MR) is 112 cm³/mol. The Bertz CT molecular complexity index is 1090. The minimum Gasteiger partial charge on any atom is -0.495 e. The number of nitrogens with zero attached hydrogens (tertiary/aromatic N) is 3. The van der Waals surface area contributed by atoms with Crippen molar-refractivity contribution in [2.45, 2.75) is 19.4 Å². The number of rotatable bonds is 6. The molecular weight excluding hydrogens is 372 g/mol. The van der Waals surface area contributed by atoms with Gasteiger partial charge in [0.1, 0.15) is 23.7 Å². The molecule has 1 fully saturated rings. The minimum atomic E-state index is -0.407. The number of hydrogen-bond donors (Lipinski definition) is 1. The smallest absolute Gasteiger partial charge is 0.329 e. The van der Waals surface area contributed by atoms with E-state index in [4.69, 9.17) is 9.15 Å². The van der Waals surface area contributed by atoms with Gasteiger partial charge in [-0.05, 0) is 18.6 Å². The highest BCUT2D eigenvalue weighted by atomic mass is 16.5. The van der Waals surface area contributed by atoms with E-state index in [1.165, 1.54) is 12.5 Å². The maximum absolute atomic E-state index is 12.5. The number of furan rings is 1. The molecule has 1 atom stereocenters. The van der Waals surface area contributed by atoms with E-state index in [1.807, 2.05) is 18.2 Å². The third-order valence-electron chi connectivity index (χ3n) is 5.69. The Labute approximate surface area is 168 Å². The number of anilines is 1. The SMILES string of the molecule is CCC(CN1CCN(c2ccccc2OC)CC1)n1c(=O)[nH]c(=O)c2cocc21. The zero-order valence-corrected chi connectivity index (χ0v) is 16.8. The number of hydrogen-bond acceptors (Lipinski definition) is 6. The van der Waals surface area contributed by atoms with E-state index >= 15 is 0 Å². The zero-order chi connectivity index (χ0) is 20.4. The van der Waals surface area contributed by atoms with E-state index in [1.54, 1.807) is 11.7 Å². The molecule has 1 aliphatic heterocycles. The van der Waals surface area contributed by atoms with Gasteiger partial charge in [-0.15, -0.1) is 0 Å². The first-order chi connectivity index (χ1) is 14.1. The fourth-order valence-electron chi connectivity index (χ4n) is 4.10. The number of aromatic amines is 1. The van der Waals surface area contributed by atoms with Crippen LogP contribution >= 0.6 is 0 Å². The van der Waals surface area contributed by atoms with Crippen LogP contribution in [0.2, 0.25) is 0 Å². The molecule has 0 radical (unpaired) electrons. The van der Waals surface area contributed by atoms with Crippen LogP contribution in [0.1, 0.15) is 19.4 Å². The second-order valence-corrected chi connectivity index (χ2v) is 7.32. The van der Waals surface area contributed by atoms with Crippen molar-refractivity contribution in [3.05, 3.63) is 57.6 Å². The summed E-state index contributed by atoms with van der Waals surface area (Å²) in [5.74, 6) is 0.884. The van der Waals surface area contributed by atoms with Crippen molar-refractivity contribution >= 4 is 16.6 Å². The Morgan fingerprint density at radius 2 is 1.90 bits per heavy atom. The van der Waals surface area contributed by atoms with Crippen LogP contribution in [0.3, 0.4) is 0 Å². The summed E-state index contributed by atoms with van der Waals surface area (Å²) >= 11 is 0. The number of ether oxygens (including phenoxy) is 1. The van der Waals surface area contributed by atoms with E-state index in [0.717, 1.165) is 50.6 Å². The molecule has 0 amide bonds. The van der Waals surface area contributed by atoms with Crippen molar-refractivity contribution in [3.63, 3.8) is 0 Å². The van der Waals surface area contributed by atoms with Gasteiger partial charge in [-0.25, -0.2) is 4.79 Å². The molecule has 0 aliphatic carbocycles. The van der Waals surface area contributed by atoms with Crippen molar-refractivity contribution in [3.8, 4) is 5.75 Å². The first-order valence-corrected chi connectivity index (χ1v) is 9.93. The summed E-state index contributed by atoms with van der Waals surface area (Å²) in [7, 11) is 1.69. The van der Waals surface area contributed by atoms with Crippen LogP contribution in [0.15, 0.2) is 50.8 Å². The highest BCUT2D eigenvalue weighted by molar-refractivity contribution is 5.76. The molecule has 0 spiro atoms. The summed E-state index contributed by atoms with van der Waals surface area (Å²) in [5, 5.41) is 0.407. The molecule has 3 aromatic rings. The number of methoxy groups -OCH3 is 1. The van der Waals surface area contributed by atoms with Crippen molar-refractivity contribution in [2.24, 2.45) is 0 Å². The van der Waals surface area contributed by atoms with E-state index in [0.29, 0.717) is 10.9 Å². The lowest BCUT2D eigenvalue weighted by molar-refractivity contribution is 0.215. The van der Waals surface area contributed by atoms with Gasteiger partial charge in [-0.3, -0.25) is 19.2 Å².